The van der Waals surface area contributed by atoms with Crippen LogP contribution in [-0.4, -0.2) is 26.8 Å². The number of primary amides is 1. The summed E-state index contributed by atoms with van der Waals surface area (Å²) in [6.45, 7) is 7.58. The number of fused-ring (bicyclic) bond motifs is 1. The van der Waals surface area contributed by atoms with Crippen molar-refractivity contribution in [2.45, 2.75) is 49.3 Å². The van der Waals surface area contributed by atoms with Crippen molar-refractivity contribution in [1.82, 2.24) is 6.15 Å². The third-order valence-electron chi connectivity index (χ3n) is 4.97. The first kappa shape index (κ1) is 22.6. The maximum absolute atomic E-state index is 13.5. The van der Waals surface area contributed by atoms with Gasteiger partial charge in [0, 0.05) is 24.7 Å². The minimum absolute atomic E-state index is 0. The number of sulfone groups is 1. The monoisotopic (exact) mass is 417 g/mol. The summed E-state index contributed by atoms with van der Waals surface area (Å²) in [5.74, 6) is -0.730. The number of rotatable bonds is 3. The van der Waals surface area contributed by atoms with Gasteiger partial charge in [-0.15, -0.1) is 0 Å². The van der Waals surface area contributed by atoms with Gasteiger partial charge in [-0.3, -0.25) is 9.59 Å². The van der Waals surface area contributed by atoms with Gasteiger partial charge in [0.25, 0.3) is 0 Å². The van der Waals surface area contributed by atoms with Gasteiger partial charge in [-0.1, -0.05) is 26.8 Å². The molecule has 5 N–H and O–H groups in total. The van der Waals surface area contributed by atoms with Crippen LogP contribution < -0.4 is 16.8 Å². The topological polar surface area (TPSA) is 133 Å². The molecule has 8 heteroatoms. The Morgan fingerprint density at radius 1 is 1.10 bits per heavy atom. The SMILES string of the molecule is CC(=O)N1CCc2cc(S(=O)(=O)c3cccc(C(N)=O)c3C(C)(C)C)ccc21.N. The van der Waals surface area contributed by atoms with Crippen LogP contribution in [0.4, 0.5) is 5.69 Å². The summed E-state index contributed by atoms with van der Waals surface area (Å²) in [5, 5.41) is 0. The van der Waals surface area contributed by atoms with E-state index in [1.165, 1.54) is 25.1 Å². The summed E-state index contributed by atoms with van der Waals surface area (Å²) in [6.07, 6.45) is 0.603. The molecule has 0 unspecified atom stereocenters. The van der Waals surface area contributed by atoms with Crippen LogP contribution in [0, 0.1) is 0 Å². The van der Waals surface area contributed by atoms with Crippen molar-refractivity contribution >= 4 is 27.3 Å². The second-order valence-electron chi connectivity index (χ2n) is 8.01. The summed E-state index contributed by atoms with van der Waals surface area (Å²) in [6, 6.07) is 9.40. The number of benzene rings is 2. The van der Waals surface area contributed by atoms with Gasteiger partial charge in [0.15, 0.2) is 0 Å². The Hall–Kier alpha value is -2.71. The Kier molecular flexibility index (Phi) is 5.92. The predicted octanol–water partition coefficient (Wildman–Crippen LogP) is 2.99. The van der Waals surface area contributed by atoms with E-state index in [1.54, 1.807) is 23.1 Å². The molecule has 0 spiro atoms. The van der Waals surface area contributed by atoms with Crippen LogP contribution in [-0.2, 0) is 26.5 Å². The first-order valence-electron chi connectivity index (χ1n) is 9.04. The van der Waals surface area contributed by atoms with Crippen molar-refractivity contribution in [3.05, 3.63) is 53.1 Å². The van der Waals surface area contributed by atoms with Gasteiger partial charge in [-0.2, -0.15) is 0 Å². The minimum Gasteiger partial charge on any atom is -0.366 e. The van der Waals surface area contributed by atoms with Crippen molar-refractivity contribution < 1.29 is 18.0 Å². The number of nitrogens with two attached hydrogens (primary N) is 1. The average molecular weight is 418 g/mol. The number of amides is 2. The summed E-state index contributed by atoms with van der Waals surface area (Å²) >= 11 is 0. The largest absolute Gasteiger partial charge is 0.366 e. The molecule has 0 aliphatic carbocycles. The van der Waals surface area contributed by atoms with E-state index in [0.29, 0.717) is 18.5 Å². The van der Waals surface area contributed by atoms with Gasteiger partial charge < -0.3 is 16.8 Å². The average Bonchev–Trinajstić information content (AvgIpc) is 3.03. The molecule has 1 aliphatic rings. The molecular weight excluding hydrogens is 390 g/mol. The summed E-state index contributed by atoms with van der Waals surface area (Å²) in [7, 11) is -3.88. The highest BCUT2D eigenvalue weighted by molar-refractivity contribution is 7.91. The van der Waals surface area contributed by atoms with E-state index in [0.717, 1.165) is 11.3 Å². The van der Waals surface area contributed by atoms with Gasteiger partial charge in [0.05, 0.1) is 9.79 Å². The fraction of sp³-hybridized carbons (Fsp3) is 0.333. The number of carbonyl (C=O) groups is 2. The summed E-state index contributed by atoms with van der Waals surface area (Å²) in [4.78, 5) is 25.5. The van der Waals surface area contributed by atoms with Crippen molar-refractivity contribution in [3.63, 3.8) is 0 Å². The highest BCUT2D eigenvalue weighted by Gasteiger charge is 2.32. The van der Waals surface area contributed by atoms with E-state index in [-0.39, 0.29) is 27.4 Å². The van der Waals surface area contributed by atoms with Crippen LogP contribution in [0.2, 0.25) is 0 Å². The Morgan fingerprint density at radius 2 is 1.76 bits per heavy atom. The van der Waals surface area contributed by atoms with Crippen molar-refractivity contribution in [3.8, 4) is 0 Å². The van der Waals surface area contributed by atoms with Gasteiger partial charge in [0.2, 0.25) is 21.7 Å². The van der Waals surface area contributed by atoms with Crippen LogP contribution >= 0.6 is 0 Å². The first-order chi connectivity index (χ1) is 12.9. The van der Waals surface area contributed by atoms with E-state index in [9.17, 15) is 18.0 Å². The third kappa shape index (κ3) is 3.90. The van der Waals surface area contributed by atoms with Crippen LogP contribution in [0.5, 0.6) is 0 Å². The molecule has 0 saturated carbocycles. The van der Waals surface area contributed by atoms with Crippen LogP contribution in [0.3, 0.4) is 0 Å². The molecular formula is C21H27N3O4S. The predicted molar refractivity (Wildman–Crippen MR) is 112 cm³/mol. The molecule has 0 atom stereocenters. The smallest absolute Gasteiger partial charge is 0.249 e. The first-order valence-corrected chi connectivity index (χ1v) is 10.5. The van der Waals surface area contributed by atoms with E-state index < -0.39 is 21.2 Å². The lowest BCUT2D eigenvalue weighted by Gasteiger charge is -2.25. The number of anilines is 1. The second kappa shape index (κ2) is 7.61. The van der Waals surface area contributed by atoms with Crippen LogP contribution in [0.1, 0.15) is 49.2 Å². The molecule has 1 heterocycles. The molecule has 2 aromatic rings. The van der Waals surface area contributed by atoms with Gasteiger partial charge in [0.1, 0.15) is 0 Å². The molecule has 0 aromatic heterocycles. The molecule has 3 rings (SSSR count). The van der Waals surface area contributed by atoms with E-state index in [1.807, 2.05) is 20.8 Å². The third-order valence-corrected chi connectivity index (χ3v) is 6.76. The van der Waals surface area contributed by atoms with Gasteiger partial charge in [-0.05, 0) is 53.3 Å². The van der Waals surface area contributed by atoms with E-state index in [4.69, 9.17) is 5.73 Å². The molecule has 0 saturated heterocycles. The fourth-order valence-electron chi connectivity index (χ4n) is 3.73. The highest BCUT2D eigenvalue weighted by atomic mass is 32.2. The van der Waals surface area contributed by atoms with E-state index in [2.05, 4.69) is 0 Å². The Bertz CT molecular complexity index is 1090. The molecule has 0 fully saturated rings. The van der Waals surface area contributed by atoms with Crippen molar-refractivity contribution in [2.24, 2.45) is 5.73 Å². The summed E-state index contributed by atoms with van der Waals surface area (Å²) < 4.78 is 26.9. The Labute approximate surface area is 171 Å². The Morgan fingerprint density at radius 3 is 2.31 bits per heavy atom. The maximum atomic E-state index is 13.5. The number of hydrogen-bond acceptors (Lipinski definition) is 5. The van der Waals surface area contributed by atoms with Crippen molar-refractivity contribution in [2.75, 3.05) is 11.4 Å². The van der Waals surface area contributed by atoms with Crippen LogP contribution in [0.25, 0.3) is 0 Å². The lowest BCUT2D eigenvalue weighted by molar-refractivity contribution is -0.116. The summed E-state index contributed by atoms with van der Waals surface area (Å²) in [5.41, 5.74) is 7.09. The molecule has 156 valence electrons. The molecule has 29 heavy (non-hydrogen) atoms. The minimum atomic E-state index is -3.88. The zero-order valence-corrected chi connectivity index (χ0v) is 18.0. The molecule has 0 bridgehead atoms. The molecule has 1 aliphatic heterocycles. The lowest BCUT2D eigenvalue weighted by Crippen LogP contribution is -2.25. The molecule has 2 aromatic carbocycles. The number of nitrogens with zero attached hydrogens (tertiary/aromatic N) is 1. The standard InChI is InChI=1S/C21H24N2O4S.H3N/c1-13(24)23-11-10-14-12-15(8-9-17(14)23)28(26,27)18-7-5-6-16(20(22)25)19(18)21(2,3)4;/h5-9,12H,10-11H2,1-4H3,(H2,22,25);1H3. The Balaban J connectivity index is 0.00000300. The fourth-order valence-corrected chi connectivity index (χ4v) is 5.47. The lowest BCUT2D eigenvalue weighted by atomic mass is 9.83. The highest BCUT2D eigenvalue weighted by Crippen LogP contribution is 2.37. The van der Waals surface area contributed by atoms with Crippen LogP contribution in [0.15, 0.2) is 46.2 Å². The number of carbonyl (C=O) groups excluding carboxylic acids is 2. The van der Waals surface area contributed by atoms with Crippen molar-refractivity contribution in [1.29, 1.82) is 0 Å². The maximum Gasteiger partial charge on any atom is 0.249 e. The second-order valence-corrected chi connectivity index (χ2v) is 9.93. The van der Waals surface area contributed by atoms with E-state index >= 15 is 0 Å². The molecule has 7 nitrogen and oxygen atoms in total. The molecule has 0 radical (unpaired) electrons. The number of hydrogen-bond donors (Lipinski definition) is 2. The zero-order valence-electron chi connectivity index (χ0n) is 17.2. The van der Waals surface area contributed by atoms with Gasteiger partial charge >= 0.3 is 0 Å². The normalized spacial score (nSPS) is 13.6. The quantitative estimate of drug-likeness (QED) is 0.792. The zero-order chi connectivity index (χ0) is 20.9. The van der Waals surface area contributed by atoms with Gasteiger partial charge in [-0.25, -0.2) is 8.42 Å². The molecule has 2 amide bonds.